The van der Waals surface area contributed by atoms with Gasteiger partial charge in [0.15, 0.2) is 0 Å². The lowest BCUT2D eigenvalue weighted by Gasteiger charge is -2.34. The third-order valence-corrected chi connectivity index (χ3v) is 9.52. The minimum atomic E-state index is -4.02. The highest BCUT2D eigenvalue weighted by Crippen LogP contribution is 2.33. The summed E-state index contributed by atoms with van der Waals surface area (Å²) in [7, 11) is -2.43. The number of carbonyl (C=O) groups excluding carboxylic acids is 1. The predicted octanol–water partition coefficient (Wildman–Crippen LogP) is 6.70. The summed E-state index contributed by atoms with van der Waals surface area (Å²) in [5.74, 6) is 0.142. The molecule has 43 heavy (non-hydrogen) atoms. The molecule has 0 saturated carbocycles. The summed E-state index contributed by atoms with van der Waals surface area (Å²) in [5.41, 5.74) is 4.71. The Morgan fingerprint density at radius 2 is 1.40 bits per heavy atom. The second-order valence-electron chi connectivity index (χ2n) is 10.7. The Kier molecular flexibility index (Phi) is 10.7. The molecule has 0 aliphatic carbocycles. The molecule has 0 heterocycles. The van der Waals surface area contributed by atoms with E-state index in [0.717, 1.165) is 22.4 Å². The molecule has 0 saturated heterocycles. The summed E-state index contributed by atoms with van der Waals surface area (Å²) in [4.78, 5) is 13.4. The van der Waals surface area contributed by atoms with Crippen molar-refractivity contribution in [1.29, 1.82) is 0 Å². The lowest BCUT2D eigenvalue weighted by Crippen LogP contribution is -2.43. The second kappa shape index (κ2) is 14.5. The van der Waals surface area contributed by atoms with Crippen LogP contribution in [0.5, 0.6) is 5.75 Å². The molecule has 0 amide bonds. The van der Waals surface area contributed by atoms with Crippen molar-refractivity contribution in [2.24, 2.45) is 0 Å². The first kappa shape index (κ1) is 31.9. The number of hydrogen-bond donors (Lipinski definition) is 0. The zero-order valence-corrected chi connectivity index (χ0v) is 26.1. The van der Waals surface area contributed by atoms with E-state index >= 15 is 0 Å². The van der Waals surface area contributed by atoms with Crippen LogP contribution in [-0.4, -0.2) is 38.5 Å². The third-order valence-electron chi connectivity index (χ3n) is 7.28. The van der Waals surface area contributed by atoms with Crippen molar-refractivity contribution in [3.63, 3.8) is 0 Å². The standard InChI is InChI=1S/C35H39NO6S/c1-25-20-26(2)35(27(3)21-25)43(38,39)36(22-29-12-8-6-9-13-29)28(4)34(31-14-10-7-11-15-31)42-33(37)24-41-23-30-16-18-32(40-5)19-17-30/h6-21,28,34H,22-24H2,1-5H3/t28-,34-/m0/s1. The van der Waals surface area contributed by atoms with Gasteiger partial charge in [-0.2, -0.15) is 4.31 Å². The molecule has 0 spiro atoms. The molecule has 4 rings (SSSR count). The molecule has 2 atom stereocenters. The molecule has 0 aliphatic rings. The lowest BCUT2D eigenvalue weighted by atomic mass is 10.0. The first-order chi connectivity index (χ1) is 20.6. The first-order valence-corrected chi connectivity index (χ1v) is 15.6. The number of benzene rings is 4. The molecular formula is C35H39NO6S. The van der Waals surface area contributed by atoms with Crippen LogP contribution in [0.2, 0.25) is 0 Å². The van der Waals surface area contributed by atoms with Crippen LogP contribution in [0.15, 0.2) is 102 Å². The van der Waals surface area contributed by atoms with E-state index in [-0.39, 0.29) is 24.7 Å². The predicted molar refractivity (Wildman–Crippen MR) is 167 cm³/mol. The largest absolute Gasteiger partial charge is 0.497 e. The number of aryl methyl sites for hydroxylation is 3. The van der Waals surface area contributed by atoms with Gasteiger partial charge in [-0.05, 0) is 67.6 Å². The van der Waals surface area contributed by atoms with Gasteiger partial charge in [-0.1, -0.05) is 90.5 Å². The van der Waals surface area contributed by atoms with Crippen LogP contribution in [0.1, 0.15) is 46.4 Å². The van der Waals surface area contributed by atoms with E-state index in [1.807, 2.05) is 118 Å². The number of nitrogens with zero attached hydrogens (tertiary/aromatic N) is 1. The van der Waals surface area contributed by atoms with Crippen LogP contribution < -0.4 is 4.74 Å². The smallest absolute Gasteiger partial charge is 0.332 e. The van der Waals surface area contributed by atoms with Gasteiger partial charge in [-0.3, -0.25) is 0 Å². The SMILES string of the molecule is COc1ccc(COCC(=O)O[C@H](c2ccccc2)[C@H](C)N(Cc2ccccc2)S(=O)(=O)c2c(C)cc(C)cc2C)cc1. The number of rotatable bonds is 13. The van der Waals surface area contributed by atoms with E-state index in [0.29, 0.717) is 16.7 Å². The molecule has 0 bridgehead atoms. The van der Waals surface area contributed by atoms with Gasteiger partial charge in [0.1, 0.15) is 18.5 Å². The fraction of sp³-hybridized carbons (Fsp3) is 0.286. The van der Waals surface area contributed by atoms with Crippen molar-refractivity contribution in [2.45, 2.75) is 57.9 Å². The minimum absolute atomic E-state index is 0.103. The molecule has 8 heteroatoms. The molecule has 0 fully saturated rings. The van der Waals surface area contributed by atoms with E-state index in [9.17, 15) is 13.2 Å². The number of carbonyl (C=O) groups is 1. The van der Waals surface area contributed by atoms with Gasteiger partial charge in [0.2, 0.25) is 10.0 Å². The van der Waals surface area contributed by atoms with Crippen molar-refractivity contribution in [2.75, 3.05) is 13.7 Å². The molecule has 7 nitrogen and oxygen atoms in total. The van der Waals surface area contributed by atoms with Crippen LogP contribution in [0.25, 0.3) is 0 Å². The molecular weight excluding hydrogens is 562 g/mol. The van der Waals surface area contributed by atoms with Gasteiger partial charge in [0.25, 0.3) is 0 Å². The molecule has 4 aromatic carbocycles. The zero-order chi connectivity index (χ0) is 31.0. The summed E-state index contributed by atoms with van der Waals surface area (Å²) in [6.07, 6.45) is -0.886. The molecule has 0 radical (unpaired) electrons. The molecule has 0 aromatic heterocycles. The van der Waals surface area contributed by atoms with E-state index in [2.05, 4.69) is 0 Å². The van der Waals surface area contributed by atoms with Gasteiger partial charge < -0.3 is 14.2 Å². The van der Waals surface area contributed by atoms with E-state index in [4.69, 9.17) is 14.2 Å². The van der Waals surface area contributed by atoms with Crippen LogP contribution in [-0.2, 0) is 37.4 Å². The normalized spacial score (nSPS) is 13.0. The summed E-state index contributed by atoms with van der Waals surface area (Å²) in [6.45, 7) is 7.38. The fourth-order valence-corrected chi connectivity index (χ4v) is 7.32. The number of esters is 1. The Hall–Kier alpha value is -3.98. The fourth-order valence-electron chi connectivity index (χ4n) is 5.29. The van der Waals surface area contributed by atoms with E-state index < -0.39 is 28.1 Å². The Morgan fingerprint density at radius 1 is 0.814 bits per heavy atom. The van der Waals surface area contributed by atoms with Crippen molar-refractivity contribution in [1.82, 2.24) is 4.31 Å². The van der Waals surface area contributed by atoms with Gasteiger partial charge in [0.05, 0.1) is 24.7 Å². The van der Waals surface area contributed by atoms with Crippen molar-refractivity contribution in [3.05, 3.63) is 130 Å². The first-order valence-electron chi connectivity index (χ1n) is 14.2. The second-order valence-corrected chi connectivity index (χ2v) is 12.5. The Balaban J connectivity index is 1.64. The molecule has 0 aliphatic heterocycles. The number of hydrogen-bond acceptors (Lipinski definition) is 6. The average Bonchev–Trinajstić information content (AvgIpc) is 2.99. The maximum absolute atomic E-state index is 14.5. The van der Waals surface area contributed by atoms with Gasteiger partial charge in [-0.25, -0.2) is 13.2 Å². The highest BCUT2D eigenvalue weighted by atomic mass is 32.2. The van der Waals surface area contributed by atoms with Crippen molar-refractivity contribution in [3.8, 4) is 5.75 Å². The lowest BCUT2D eigenvalue weighted by molar-refractivity contribution is -0.158. The monoisotopic (exact) mass is 601 g/mol. The van der Waals surface area contributed by atoms with Crippen molar-refractivity contribution < 1.29 is 27.4 Å². The summed E-state index contributed by atoms with van der Waals surface area (Å²) < 4.78 is 47.3. The Labute approximate surface area is 255 Å². The number of methoxy groups -OCH3 is 1. The van der Waals surface area contributed by atoms with Gasteiger partial charge in [-0.15, -0.1) is 0 Å². The topological polar surface area (TPSA) is 82.1 Å². The Bertz CT molecular complexity index is 1580. The van der Waals surface area contributed by atoms with E-state index in [1.165, 1.54) is 4.31 Å². The molecule has 0 N–H and O–H groups in total. The quantitative estimate of drug-likeness (QED) is 0.159. The number of sulfonamides is 1. The van der Waals surface area contributed by atoms with Gasteiger partial charge >= 0.3 is 5.97 Å². The van der Waals surface area contributed by atoms with Crippen LogP contribution >= 0.6 is 0 Å². The summed E-state index contributed by atoms with van der Waals surface area (Å²) in [5, 5.41) is 0. The van der Waals surface area contributed by atoms with Crippen molar-refractivity contribution >= 4 is 16.0 Å². The molecule has 226 valence electrons. The molecule has 4 aromatic rings. The van der Waals surface area contributed by atoms with Crippen LogP contribution in [0, 0.1) is 20.8 Å². The highest BCUT2D eigenvalue weighted by molar-refractivity contribution is 7.89. The van der Waals surface area contributed by atoms with E-state index in [1.54, 1.807) is 14.0 Å². The average molecular weight is 602 g/mol. The maximum atomic E-state index is 14.5. The maximum Gasteiger partial charge on any atom is 0.332 e. The minimum Gasteiger partial charge on any atom is -0.497 e. The number of ether oxygens (including phenoxy) is 3. The van der Waals surface area contributed by atoms with Gasteiger partial charge in [0, 0.05) is 6.54 Å². The zero-order valence-electron chi connectivity index (χ0n) is 25.3. The van der Waals surface area contributed by atoms with Crippen LogP contribution in [0.3, 0.4) is 0 Å². The highest BCUT2D eigenvalue weighted by Gasteiger charge is 2.38. The summed E-state index contributed by atoms with van der Waals surface area (Å²) >= 11 is 0. The third kappa shape index (κ3) is 8.10. The Morgan fingerprint density at radius 3 is 1.98 bits per heavy atom. The summed E-state index contributed by atoms with van der Waals surface area (Å²) in [6, 6.07) is 29.0. The molecule has 0 unspecified atom stereocenters. The van der Waals surface area contributed by atoms with Crippen LogP contribution in [0.4, 0.5) is 0 Å².